The highest BCUT2D eigenvalue weighted by Crippen LogP contribution is 2.24. The summed E-state index contributed by atoms with van der Waals surface area (Å²) in [5.74, 6) is 0. The fourth-order valence-electron chi connectivity index (χ4n) is 1.85. The standard InChI is InChI=1S/C15H23NO3/c1-11-8-6-7-9-12(11)13(10-17)16(5)14(18)19-15(2,3)4/h6-9,13,17H,10H2,1-5H3. The molecule has 1 amide bonds. The van der Waals surface area contributed by atoms with E-state index >= 15 is 0 Å². The zero-order valence-corrected chi connectivity index (χ0v) is 12.3. The minimum Gasteiger partial charge on any atom is -0.444 e. The van der Waals surface area contributed by atoms with Gasteiger partial charge in [-0.15, -0.1) is 0 Å². The number of nitrogens with zero attached hydrogens (tertiary/aromatic N) is 1. The van der Waals surface area contributed by atoms with Crippen molar-refractivity contribution in [3.05, 3.63) is 35.4 Å². The molecular formula is C15H23NO3. The van der Waals surface area contributed by atoms with Crippen molar-refractivity contribution >= 4 is 6.09 Å². The minimum absolute atomic E-state index is 0.138. The molecule has 106 valence electrons. The van der Waals surface area contributed by atoms with Crippen LogP contribution < -0.4 is 0 Å². The van der Waals surface area contributed by atoms with Crippen molar-refractivity contribution in [1.82, 2.24) is 4.90 Å². The number of amides is 1. The Hall–Kier alpha value is -1.55. The number of likely N-dealkylation sites (N-methyl/N-ethyl adjacent to an activating group) is 1. The molecule has 1 N–H and O–H groups in total. The van der Waals surface area contributed by atoms with Crippen LogP contribution in [0.25, 0.3) is 0 Å². The van der Waals surface area contributed by atoms with Gasteiger partial charge in [-0.1, -0.05) is 24.3 Å². The van der Waals surface area contributed by atoms with Gasteiger partial charge in [-0.2, -0.15) is 0 Å². The Balaban J connectivity index is 2.92. The van der Waals surface area contributed by atoms with E-state index in [0.29, 0.717) is 0 Å². The maximum absolute atomic E-state index is 12.0. The van der Waals surface area contributed by atoms with Gasteiger partial charge in [0.15, 0.2) is 0 Å². The summed E-state index contributed by atoms with van der Waals surface area (Å²) in [6.45, 7) is 7.28. The molecule has 0 aliphatic rings. The van der Waals surface area contributed by atoms with E-state index in [1.807, 2.05) is 52.0 Å². The molecule has 0 aromatic heterocycles. The lowest BCUT2D eigenvalue weighted by Crippen LogP contribution is -2.38. The van der Waals surface area contributed by atoms with Crippen molar-refractivity contribution in [1.29, 1.82) is 0 Å². The fourth-order valence-corrected chi connectivity index (χ4v) is 1.85. The van der Waals surface area contributed by atoms with Crippen LogP contribution in [-0.4, -0.2) is 35.4 Å². The molecule has 0 radical (unpaired) electrons. The summed E-state index contributed by atoms with van der Waals surface area (Å²) in [5, 5.41) is 9.57. The minimum atomic E-state index is -0.545. The molecule has 0 bridgehead atoms. The van der Waals surface area contributed by atoms with E-state index in [2.05, 4.69) is 0 Å². The van der Waals surface area contributed by atoms with Gasteiger partial charge in [-0.3, -0.25) is 0 Å². The maximum atomic E-state index is 12.0. The van der Waals surface area contributed by atoms with Gasteiger partial charge in [-0.05, 0) is 38.8 Å². The zero-order chi connectivity index (χ0) is 14.6. The topological polar surface area (TPSA) is 49.8 Å². The predicted molar refractivity (Wildman–Crippen MR) is 75.0 cm³/mol. The maximum Gasteiger partial charge on any atom is 0.410 e. The second-order valence-corrected chi connectivity index (χ2v) is 5.65. The van der Waals surface area contributed by atoms with Crippen molar-refractivity contribution in [2.45, 2.75) is 39.3 Å². The van der Waals surface area contributed by atoms with E-state index < -0.39 is 17.7 Å². The van der Waals surface area contributed by atoms with Crippen LogP contribution in [0, 0.1) is 6.92 Å². The number of carbonyl (C=O) groups excluding carboxylic acids is 1. The van der Waals surface area contributed by atoms with E-state index in [0.717, 1.165) is 11.1 Å². The highest BCUT2D eigenvalue weighted by molar-refractivity contribution is 5.68. The van der Waals surface area contributed by atoms with Crippen LogP contribution in [0.4, 0.5) is 4.79 Å². The Morgan fingerprint density at radius 3 is 2.42 bits per heavy atom. The van der Waals surface area contributed by atoms with E-state index in [4.69, 9.17) is 4.74 Å². The van der Waals surface area contributed by atoms with Gasteiger partial charge in [0.05, 0.1) is 12.6 Å². The normalized spacial score (nSPS) is 12.9. The molecule has 0 spiro atoms. The molecule has 0 saturated carbocycles. The lowest BCUT2D eigenvalue weighted by molar-refractivity contribution is 0.0158. The number of hydrogen-bond donors (Lipinski definition) is 1. The third-order valence-corrected chi connectivity index (χ3v) is 2.87. The quantitative estimate of drug-likeness (QED) is 0.914. The third kappa shape index (κ3) is 4.24. The summed E-state index contributed by atoms with van der Waals surface area (Å²) < 4.78 is 5.32. The van der Waals surface area contributed by atoms with E-state index in [-0.39, 0.29) is 6.61 Å². The highest BCUT2D eigenvalue weighted by atomic mass is 16.6. The van der Waals surface area contributed by atoms with Crippen LogP contribution in [0.2, 0.25) is 0 Å². The van der Waals surface area contributed by atoms with E-state index in [1.54, 1.807) is 7.05 Å². The Labute approximate surface area is 115 Å². The number of rotatable bonds is 3. The second-order valence-electron chi connectivity index (χ2n) is 5.65. The average Bonchev–Trinajstić information content (AvgIpc) is 2.30. The summed E-state index contributed by atoms with van der Waals surface area (Å²) in [5.41, 5.74) is 1.42. The summed E-state index contributed by atoms with van der Waals surface area (Å²) in [4.78, 5) is 13.5. The van der Waals surface area contributed by atoms with Crippen LogP contribution in [0.3, 0.4) is 0 Å². The molecule has 1 aromatic carbocycles. The molecule has 0 aliphatic heterocycles. The molecule has 0 heterocycles. The van der Waals surface area contributed by atoms with Crippen molar-refractivity contribution in [2.24, 2.45) is 0 Å². The van der Waals surface area contributed by atoms with Crippen LogP contribution in [0.5, 0.6) is 0 Å². The predicted octanol–water partition coefficient (Wildman–Crippen LogP) is 2.90. The number of benzene rings is 1. The van der Waals surface area contributed by atoms with Crippen molar-refractivity contribution in [2.75, 3.05) is 13.7 Å². The summed E-state index contributed by atoms with van der Waals surface area (Å²) in [7, 11) is 1.64. The Morgan fingerprint density at radius 2 is 1.95 bits per heavy atom. The summed E-state index contributed by atoms with van der Waals surface area (Å²) in [6.07, 6.45) is -0.435. The van der Waals surface area contributed by atoms with Crippen LogP contribution >= 0.6 is 0 Å². The van der Waals surface area contributed by atoms with E-state index in [9.17, 15) is 9.90 Å². The molecule has 0 aliphatic carbocycles. The lowest BCUT2D eigenvalue weighted by Gasteiger charge is -2.30. The lowest BCUT2D eigenvalue weighted by atomic mass is 10.0. The van der Waals surface area contributed by atoms with Gasteiger partial charge in [0.2, 0.25) is 0 Å². The first-order valence-electron chi connectivity index (χ1n) is 6.38. The molecule has 4 heteroatoms. The molecule has 0 saturated heterocycles. The van der Waals surface area contributed by atoms with Gasteiger partial charge in [0.25, 0.3) is 0 Å². The molecule has 1 rings (SSSR count). The van der Waals surface area contributed by atoms with Crippen molar-refractivity contribution in [3.63, 3.8) is 0 Å². The highest BCUT2D eigenvalue weighted by Gasteiger charge is 2.26. The SMILES string of the molecule is Cc1ccccc1C(CO)N(C)C(=O)OC(C)(C)C. The summed E-state index contributed by atoms with van der Waals surface area (Å²) in [6, 6.07) is 7.31. The number of hydrogen-bond acceptors (Lipinski definition) is 3. The molecule has 1 atom stereocenters. The molecule has 19 heavy (non-hydrogen) atoms. The fraction of sp³-hybridized carbons (Fsp3) is 0.533. The van der Waals surface area contributed by atoms with Gasteiger partial charge in [0, 0.05) is 7.05 Å². The van der Waals surface area contributed by atoms with Crippen LogP contribution in [0.1, 0.15) is 37.9 Å². The zero-order valence-electron chi connectivity index (χ0n) is 12.3. The largest absolute Gasteiger partial charge is 0.444 e. The first-order valence-corrected chi connectivity index (χ1v) is 6.38. The Kier molecular flexibility index (Phi) is 4.95. The van der Waals surface area contributed by atoms with Crippen molar-refractivity contribution < 1.29 is 14.6 Å². The van der Waals surface area contributed by atoms with Crippen molar-refractivity contribution in [3.8, 4) is 0 Å². The molecule has 0 fully saturated rings. The number of carbonyl (C=O) groups is 1. The smallest absolute Gasteiger partial charge is 0.410 e. The van der Waals surface area contributed by atoms with Gasteiger partial charge < -0.3 is 14.7 Å². The number of aliphatic hydroxyl groups is 1. The number of ether oxygens (including phenoxy) is 1. The Morgan fingerprint density at radius 1 is 1.37 bits per heavy atom. The summed E-state index contributed by atoms with van der Waals surface area (Å²) >= 11 is 0. The number of aryl methyl sites for hydroxylation is 1. The first-order chi connectivity index (χ1) is 8.76. The molecule has 1 unspecified atom stereocenters. The molecule has 1 aromatic rings. The van der Waals surface area contributed by atoms with Crippen LogP contribution in [-0.2, 0) is 4.74 Å². The monoisotopic (exact) mass is 265 g/mol. The van der Waals surface area contributed by atoms with Gasteiger partial charge >= 0.3 is 6.09 Å². The van der Waals surface area contributed by atoms with Crippen LogP contribution in [0.15, 0.2) is 24.3 Å². The van der Waals surface area contributed by atoms with Gasteiger partial charge in [0.1, 0.15) is 5.60 Å². The Bertz CT molecular complexity index is 437. The second kappa shape index (κ2) is 6.06. The first kappa shape index (κ1) is 15.5. The third-order valence-electron chi connectivity index (χ3n) is 2.87. The van der Waals surface area contributed by atoms with E-state index in [1.165, 1.54) is 4.90 Å². The van der Waals surface area contributed by atoms with Gasteiger partial charge in [-0.25, -0.2) is 4.79 Å². The number of aliphatic hydroxyl groups excluding tert-OH is 1. The average molecular weight is 265 g/mol. The molecule has 4 nitrogen and oxygen atoms in total. The molecular weight excluding hydrogens is 242 g/mol.